The third-order valence-electron chi connectivity index (χ3n) is 4.77. The molecule has 0 amide bonds. The second-order valence-corrected chi connectivity index (χ2v) is 7.62. The van der Waals surface area contributed by atoms with Crippen molar-refractivity contribution in [2.45, 2.75) is 53.9 Å². The highest BCUT2D eigenvalue weighted by Gasteiger charge is 2.26. The van der Waals surface area contributed by atoms with E-state index in [2.05, 4.69) is 55.9 Å². The van der Waals surface area contributed by atoms with E-state index < -0.39 is 0 Å². The maximum atomic E-state index is 11.1. The van der Waals surface area contributed by atoms with E-state index >= 15 is 0 Å². The van der Waals surface area contributed by atoms with Crippen LogP contribution in [0.5, 0.6) is 0 Å². The van der Waals surface area contributed by atoms with Gasteiger partial charge in [-0.3, -0.25) is 0 Å². The summed E-state index contributed by atoms with van der Waals surface area (Å²) in [6, 6.07) is 0. The summed E-state index contributed by atoms with van der Waals surface area (Å²) in [6.45, 7) is 11.1. The lowest BCUT2D eigenvalue weighted by molar-refractivity contribution is 0.377. The number of imidazole rings is 1. The fourth-order valence-electron chi connectivity index (χ4n) is 3.35. The molecule has 1 aliphatic carbocycles. The number of allylic oxidation sites excluding steroid dienone is 9. The molecule has 3 heteroatoms. The SMILES string of the molecule is CC1=C(/C=C/C(C)=C/C=C/C(C)=C/c2c[nH]c(=O)[nH]2)C(C)(C)CCC1. The molecule has 1 heterocycles. The number of H-pyrrole nitrogens is 2. The summed E-state index contributed by atoms with van der Waals surface area (Å²) < 4.78 is 0. The predicted octanol–water partition coefficient (Wildman–Crippen LogP) is 5.69. The van der Waals surface area contributed by atoms with Gasteiger partial charge >= 0.3 is 5.69 Å². The molecule has 0 aromatic carbocycles. The highest BCUT2D eigenvalue weighted by Crippen LogP contribution is 2.40. The number of hydrogen-bond donors (Lipinski definition) is 2. The van der Waals surface area contributed by atoms with Crippen LogP contribution in [0.25, 0.3) is 6.08 Å². The van der Waals surface area contributed by atoms with Gasteiger partial charge in [-0.05, 0) is 62.7 Å². The maximum Gasteiger partial charge on any atom is 0.323 e. The van der Waals surface area contributed by atoms with E-state index in [1.165, 1.54) is 36.0 Å². The van der Waals surface area contributed by atoms with E-state index in [1.54, 1.807) is 6.20 Å². The Labute approximate surface area is 151 Å². The Morgan fingerprint density at radius 2 is 1.96 bits per heavy atom. The van der Waals surface area contributed by atoms with Gasteiger partial charge in [-0.1, -0.05) is 55.4 Å². The molecule has 0 spiro atoms. The molecule has 0 unspecified atom stereocenters. The van der Waals surface area contributed by atoms with Crippen molar-refractivity contribution in [1.82, 2.24) is 9.97 Å². The van der Waals surface area contributed by atoms with Gasteiger partial charge in [-0.25, -0.2) is 4.79 Å². The Hall–Kier alpha value is -2.29. The molecule has 2 N–H and O–H groups in total. The predicted molar refractivity (Wildman–Crippen MR) is 107 cm³/mol. The summed E-state index contributed by atoms with van der Waals surface area (Å²) in [5, 5.41) is 0. The standard InChI is InChI=1S/C22H30N2O/c1-16(11-12-20-18(3)10-7-13-22(20,4)5)8-6-9-17(2)14-19-15-23-21(25)24-19/h6,8-9,11-12,14-15H,7,10,13H2,1-5H3,(H2,23,24,25)/b9-6+,12-11+,16-8+,17-14+. The topological polar surface area (TPSA) is 48.6 Å². The first kappa shape index (κ1) is 19.0. The molecular formula is C22H30N2O. The fraction of sp³-hybridized carbons (Fsp3) is 0.409. The van der Waals surface area contributed by atoms with Gasteiger partial charge in [0, 0.05) is 6.20 Å². The van der Waals surface area contributed by atoms with E-state index in [9.17, 15) is 4.79 Å². The second kappa shape index (κ2) is 8.19. The summed E-state index contributed by atoms with van der Waals surface area (Å²) in [5.74, 6) is 0. The lowest BCUT2D eigenvalue weighted by atomic mass is 9.72. The Morgan fingerprint density at radius 1 is 1.20 bits per heavy atom. The van der Waals surface area contributed by atoms with Crippen molar-refractivity contribution in [3.63, 3.8) is 0 Å². The van der Waals surface area contributed by atoms with Gasteiger partial charge in [0.15, 0.2) is 0 Å². The van der Waals surface area contributed by atoms with E-state index in [0.717, 1.165) is 11.3 Å². The molecule has 1 aromatic rings. The molecule has 25 heavy (non-hydrogen) atoms. The second-order valence-electron chi connectivity index (χ2n) is 7.62. The third kappa shape index (κ3) is 5.63. The highest BCUT2D eigenvalue weighted by atomic mass is 16.1. The summed E-state index contributed by atoms with van der Waals surface area (Å²) in [7, 11) is 0. The van der Waals surface area contributed by atoms with Crippen molar-refractivity contribution in [3.8, 4) is 0 Å². The number of nitrogens with one attached hydrogen (secondary N) is 2. The summed E-state index contributed by atoms with van der Waals surface area (Å²) in [4.78, 5) is 16.4. The molecule has 2 rings (SSSR count). The summed E-state index contributed by atoms with van der Waals surface area (Å²) in [6.07, 6.45) is 18.1. The third-order valence-corrected chi connectivity index (χ3v) is 4.77. The van der Waals surface area contributed by atoms with Crippen LogP contribution in [0, 0.1) is 5.41 Å². The number of aromatic amines is 2. The van der Waals surface area contributed by atoms with E-state index in [-0.39, 0.29) is 11.1 Å². The Balaban J connectivity index is 2.04. The first-order valence-corrected chi connectivity index (χ1v) is 8.97. The average molecular weight is 338 g/mol. The minimum atomic E-state index is -0.181. The lowest BCUT2D eigenvalue weighted by Crippen LogP contribution is -2.19. The number of aromatic nitrogens is 2. The van der Waals surface area contributed by atoms with Gasteiger partial charge in [0.25, 0.3) is 0 Å². The Bertz CT molecular complexity index is 807. The van der Waals surface area contributed by atoms with Gasteiger partial charge in [-0.2, -0.15) is 0 Å². The van der Waals surface area contributed by atoms with Crippen molar-refractivity contribution in [2.24, 2.45) is 5.41 Å². The van der Waals surface area contributed by atoms with E-state index in [1.807, 2.05) is 25.2 Å². The Morgan fingerprint density at radius 3 is 2.60 bits per heavy atom. The molecule has 0 aliphatic heterocycles. The van der Waals surface area contributed by atoms with Gasteiger partial charge in [0.1, 0.15) is 0 Å². The van der Waals surface area contributed by atoms with Gasteiger partial charge in [-0.15, -0.1) is 0 Å². The molecular weight excluding hydrogens is 308 g/mol. The minimum absolute atomic E-state index is 0.181. The van der Waals surface area contributed by atoms with Crippen LogP contribution in [0.1, 0.15) is 59.6 Å². The smallest absolute Gasteiger partial charge is 0.312 e. The van der Waals surface area contributed by atoms with Crippen molar-refractivity contribution >= 4 is 6.08 Å². The monoisotopic (exact) mass is 338 g/mol. The molecule has 0 fully saturated rings. The van der Waals surface area contributed by atoms with Crippen LogP contribution < -0.4 is 5.69 Å². The molecule has 1 aliphatic rings. The van der Waals surface area contributed by atoms with Crippen molar-refractivity contribution in [3.05, 3.63) is 75.0 Å². The van der Waals surface area contributed by atoms with E-state index in [4.69, 9.17) is 0 Å². The van der Waals surface area contributed by atoms with Crippen LogP contribution in [0.15, 0.2) is 63.7 Å². The summed E-state index contributed by atoms with van der Waals surface area (Å²) >= 11 is 0. The van der Waals surface area contributed by atoms with Crippen LogP contribution in [0.3, 0.4) is 0 Å². The molecule has 0 bridgehead atoms. The average Bonchev–Trinajstić information content (AvgIpc) is 2.91. The van der Waals surface area contributed by atoms with E-state index in [0.29, 0.717) is 0 Å². The highest BCUT2D eigenvalue weighted by molar-refractivity contribution is 5.51. The fourth-order valence-corrected chi connectivity index (χ4v) is 3.35. The number of hydrogen-bond acceptors (Lipinski definition) is 1. The quantitative estimate of drug-likeness (QED) is 0.666. The van der Waals surface area contributed by atoms with Crippen molar-refractivity contribution in [1.29, 1.82) is 0 Å². The zero-order chi connectivity index (χ0) is 18.4. The minimum Gasteiger partial charge on any atom is -0.312 e. The first-order valence-electron chi connectivity index (χ1n) is 8.97. The zero-order valence-corrected chi connectivity index (χ0v) is 16.1. The molecule has 3 nitrogen and oxygen atoms in total. The van der Waals surface area contributed by atoms with Crippen LogP contribution in [0.2, 0.25) is 0 Å². The van der Waals surface area contributed by atoms with Gasteiger partial charge in [0.05, 0.1) is 5.69 Å². The molecule has 0 atom stereocenters. The molecule has 0 radical (unpaired) electrons. The van der Waals surface area contributed by atoms with Crippen LogP contribution in [-0.2, 0) is 0 Å². The molecule has 134 valence electrons. The lowest BCUT2D eigenvalue weighted by Gasteiger charge is -2.32. The van der Waals surface area contributed by atoms with Crippen LogP contribution >= 0.6 is 0 Å². The zero-order valence-electron chi connectivity index (χ0n) is 16.1. The van der Waals surface area contributed by atoms with Crippen LogP contribution in [-0.4, -0.2) is 9.97 Å². The summed E-state index contributed by atoms with van der Waals surface area (Å²) in [5.41, 5.74) is 6.20. The largest absolute Gasteiger partial charge is 0.323 e. The molecule has 1 aromatic heterocycles. The van der Waals surface area contributed by atoms with Crippen molar-refractivity contribution in [2.75, 3.05) is 0 Å². The van der Waals surface area contributed by atoms with Crippen molar-refractivity contribution < 1.29 is 0 Å². The Kier molecular flexibility index (Phi) is 6.24. The van der Waals surface area contributed by atoms with Gasteiger partial charge in [0.2, 0.25) is 0 Å². The maximum absolute atomic E-state index is 11.1. The first-order chi connectivity index (χ1) is 11.8. The normalized spacial score (nSPS) is 19.4. The van der Waals surface area contributed by atoms with Gasteiger partial charge < -0.3 is 9.97 Å². The number of rotatable bonds is 5. The van der Waals surface area contributed by atoms with Crippen LogP contribution in [0.4, 0.5) is 0 Å². The molecule has 0 saturated carbocycles. The molecule has 0 saturated heterocycles.